The molecule has 0 amide bonds. The fourth-order valence-corrected chi connectivity index (χ4v) is 1.16. The monoisotopic (exact) mass is 216 g/mol. The molecule has 1 aliphatic rings. The van der Waals surface area contributed by atoms with E-state index in [-0.39, 0.29) is 0 Å². The van der Waals surface area contributed by atoms with Crippen molar-refractivity contribution in [1.82, 2.24) is 4.18 Å². The van der Waals surface area contributed by atoms with E-state index in [4.69, 9.17) is 5.11 Å². The van der Waals surface area contributed by atoms with Crippen molar-refractivity contribution in [3.63, 3.8) is 0 Å². The van der Waals surface area contributed by atoms with Crippen molar-refractivity contribution in [3.05, 3.63) is 24.0 Å². The van der Waals surface area contributed by atoms with Gasteiger partial charge in [-0.3, -0.25) is 0 Å². The molecule has 0 saturated heterocycles. The minimum Gasteiger partial charge on any atom is -0.508 e. The summed E-state index contributed by atoms with van der Waals surface area (Å²) >= 11 is 1.52. The molecule has 0 saturated carbocycles. The maximum atomic E-state index is 9.06. The number of hydrazone groups is 1. The third-order valence-corrected chi connectivity index (χ3v) is 2.91. The summed E-state index contributed by atoms with van der Waals surface area (Å²) in [4.78, 5) is 0. The topological polar surface area (TPSA) is 35.8 Å². The number of aliphatic hydroxyl groups is 1. The Morgan fingerprint density at radius 1 is 1.85 bits per heavy atom. The summed E-state index contributed by atoms with van der Waals surface area (Å²) in [5, 5.41) is 13.2. The Morgan fingerprint density at radius 3 is 3.15 bits per heavy atom. The third-order valence-electron chi connectivity index (χ3n) is 1.67. The summed E-state index contributed by atoms with van der Waals surface area (Å²) < 4.78 is 1.71. The lowest BCUT2D eigenvalue weighted by molar-refractivity contribution is 0.425. The molecule has 2 unspecified atom stereocenters. The Labute approximate surface area is 85.0 Å². The highest BCUT2D eigenvalue weighted by atomic mass is 32.2. The van der Waals surface area contributed by atoms with Crippen molar-refractivity contribution in [3.8, 4) is 0 Å². The molecular weight excluding hydrogens is 203 g/mol. The Morgan fingerprint density at radius 2 is 2.62 bits per heavy atom. The van der Waals surface area contributed by atoms with Gasteiger partial charge in [-0.05, 0) is 39.9 Å². The van der Waals surface area contributed by atoms with E-state index in [2.05, 4.69) is 14.5 Å². The standard InChI is InChI=1S/C8H13N2OPS/c1-13-10(12)9-6-7-2-4-8(11)5-3-7/h2,4-7,11H,3,12H2,1H3. The molecule has 3 nitrogen and oxygen atoms in total. The van der Waals surface area contributed by atoms with Crippen molar-refractivity contribution in [2.75, 3.05) is 6.26 Å². The number of hydrogen-bond donors (Lipinski definition) is 1. The predicted molar refractivity (Wildman–Crippen MR) is 61.5 cm³/mol. The Hall–Kier alpha value is -0.470. The largest absolute Gasteiger partial charge is 0.508 e. The average molecular weight is 216 g/mol. The first-order valence-electron chi connectivity index (χ1n) is 3.92. The lowest BCUT2D eigenvalue weighted by Gasteiger charge is -2.11. The quantitative estimate of drug-likeness (QED) is 0.340. The summed E-state index contributed by atoms with van der Waals surface area (Å²) in [5.74, 6) is 0.642. The molecule has 5 heteroatoms. The van der Waals surface area contributed by atoms with Crippen molar-refractivity contribution in [1.29, 1.82) is 0 Å². The highest BCUT2D eigenvalue weighted by Crippen LogP contribution is 2.15. The van der Waals surface area contributed by atoms with Gasteiger partial charge in [-0.25, -0.2) is 4.18 Å². The second-order valence-corrected chi connectivity index (χ2v) is 4.24. The first kappa shape index (κ1) is 10.6. The van der Waals surface area contributed by atoms with Crippen LogP contribution in [-0.2, 0) is 0 Å². The normalized spacial score (nSPS) is 22.0. The highest BCUT2D eigenvalue weighted by Gasteiger charge is 2.04. The van der Waals surface area contributed by atoms with E-state index in [0.29, 0.717) is 11.7 Å². The van der Waals surface area contributed by atoms with Gasteiger partial charge >= 0.3 is 0 Å². The summed E-state index contributed by atoms with van der Waals surface area (Å²) in [6.07, 6.45) is 10.1. The van der Waals surface area contributed by atoms with Crippen LogP contribution < -0.4 is 0 Å². The molecule has 0 fully saturated rings. The van der Waals surface area contributed by atoms with Crippen LogP contribution in [0.3, 0.4) is 0 Å². The summed E-state index contributed by atoms with van der Waals surface area (Å²) in [5.41, 5.74) is 0. The van der Waals surface area contributed by atoms with Crippen LogP contribution in [0.5, 0.6) is 0 Å². The van der Waals surface area contributed by atoms with Crippen LogP contribution in [0.15, 0.2) is 29.1 Å². The fourth-order valence-electron chi connectivity index (χ4n) is 0.935. The highest BCUT2D eigenvalue weighted by molar-refractivity contribution is 7.98. The van der Waals surface area contributed by atoms with E-state index in [1.807, 2.05) is 18.5 Å². The predicted octanol–water partition coefficient (Wildman–Crippen LogP) is 2.36. The minimum atomic E-state index is 0.297. The number of nitrogens with zero attached hydrogens (tertiary/aromatic N) is 2. The zero-order chi connectivity index (χ0) is 9.68. The number of hydrogen-bond acceptors (Lipinski definition) is 4. The maximum Gasteiger partial charge on any atom is 0.111 e. The van der Waals surface area contributed by atoms with Gasteiger partial charge in [0, 0.05) is 18.4 Å². The molecule has 0 radical (unpaired) electrons. The SMILES string of the molecule is CSN(P)N=CC1C=CC(O)=CC1. The fraction of sp³-hybridized carbons (Fsp3) is 0.375. The molecule has 1 rings (SSSR count). The number of aliphatic hydroxyl groups excluding tert-OH is 1. The smallest absolute Gasteiger partial charge is 0.111 e. The van der Waals surface area contributed by atoms with Gasteiger partial charge in [0.05, 0.1) is 0 Å². The van der Waals surface area contributed by atoms with Gasteiger partial charge in [0.2, 0.25) is 0 Å². The third kappa shape index (κ3) is 3.83. The van der Waals surface area contributed by atoms with Gasteiger partial charge < -0.3 is 5.11 Å². The molecule has 1 N–H and O–H groups in total. The van der Waals surface area contributed by atoms with Gasteiger partial charge in [0.15, 0.2) is 0 Å². The average Bonchev–Trinajstić information content (AvgIpc) is 2.16. The van der Waals surface area contributed by atoms with Crippen LogP contribution >= 0.6 is 21.3 Å². The van der Waals surface area contributed by atoms with Gasteiger partial charge in [0.25, 0.3) is 0 Å². The van der Waals surface area contributed by atoms with E-state index in [0.717, 1.165) is 6.42 Å². The lowest BCUT2D eigenvalue weighted by Crippen LogP contribution is -2.03. The molecule has 0 spiro atoms. The van der Waals surface area contributed by atoms with E-state index < -0.39 is 0 Å². The zero-order valence-corrected chi connectivity index (χ0v) is 9.39. The first-order chi connectivity index (χ1) is 6.22. The number of rotatable bonds is 3. The second kappa shape index (κ2) is 5.30. The Balaban J connectivity index is 2.40. The van der Waals surface area contributed by atoms with Crippen LogP contribution in [0, 0.1) is 5.92 Å². The molecule has 72 valence electrons. The van der Waals surface area contributed by atoms with Crippen molar-refractivity contribution in [2.45, 2.75) is 6.42 Å². The van der Waals surface area contributed by atoms with E-state index in [1.54, 1.807) is 16.3 Å². The molecular formula is C8H13N2OPS. The summed E-state index contributed by atoms with van der Waals surface area (Å²) in [6.45, 7) is 0. The van der Waals surface area contributed by atoms with Crippen molar-refractivity contribution < 1.29 is 5.11 Å². The van der Waals surface area contributed by atoms with Crippen LogP contribution in [0.4, 0.5) is 0 Å². The van der Waals surface area contributed by atoms with Gasteiger partial charge in [-0.1, -0.05) is 6.08 Å². The van der Waals surface area contributed by atoms with Crippen molar-refractivity contribution >= 4 is 27.6 Å². The molecule has 0 aromatic rings. The first-order valence-corrected chi connectivity index (χ1v) is 5.62. The molecule has 0 bridgehead atoms. The molecule has 0 aliphatic heterocycles. The Kier molecular flexibility index (Phi) is 4.33. The van der Waals surface area contributed by atoms with Crippen LogP contribution in [-0.4, -0.2) is 21.8 Å². The molecule has 13 heavy (non-hydrogen) atoms. The minimum absolute atomic E-state index is 0.297. The van der Waals surface area contributed by atoms with Crippen LogP contribution in [0.25, 0.3) is 0 Å². The van der Waals surface area contributed by atoms with Gasteiger partial charge in [0.1, 0.15) is 5.76 Å². The molecule has 1 aliphatic carbocycles. The molecule has 0 heterocycles. The zero-order valence-electron chi connectivity index (χ0n) is 7.42. The van der Waals surface area contributed by atoms with E-state index in [9.17, 15) is 0 Å². The molecule has 0 aromatic carbocycles. The Bertz CT molecular complexity index is 253. The number of allylic oxidation sites excluding steroid dienone is 3. The van der Waals surface area contributed by atoms with Gasteiger partial charge in [-0.2, -0.15) is 5.10 Å². The van der Waals surface area contributed by atoms with Crippen molar-refractivity contribution in [2.24, 2.45) is 11.0 Å². The van der Waals surface area contributed by atoms with E-state index >= 15 is 0 Å². The maximum absolute atomic E-state index is 9.06. The summed E-state index contributed by atoms with van der Waals surface area (Å²) in [7, 11) is 2.49. The molecule has 2 atom stereocenters. The van der Waals surface area contributed by atoms with Crippen LogP contribution in [0.2, 0.25) is 0 Å². The van der Waals surface area contributed by atoms with E-state index in [1.165, 1.54) is 11.9 Å². The summed E-state index contributed by atoms with van der Waals surface area (Å²) in [6, 6.07) is 0. The lowest BCUT2D eigenvalue weighted by atomic mass is 10.0. The van der Waals surface area contributed by atoms with Gasteiger partial charge in [-0.15, -0.1) is 0 Å². The molecule has 0 aromatic heterocycles. The van der Waals surface area contributed by atoms with Crippen LogP contribution in [0.1, 0.15) is 6.42 Å². The second-order valence-electron chi connectivity index (χ2n) is 2.64.